The highest BCUT2D eigenvalue weighted by atomic mass is 32.1. The Morgan fingerprint density at radius 3 is 2.50 bits per heavy atom. The van der Waals surface area contributed by atoms with Crippen molar-refractivity contribution < 1.29 is 24.2 Å². The number of amides is 2. The average Bonchev–Trinajstić information content (AvgIpc) is 3.43. The van der Waals surface area contributed by atoms with Crippen LogP contribution >= 0.6 is 11.3 Å². The van der Waals surface area contributed by atoms with E-state index in [4.69, 9.17) is 15.2 Å². The van der Waals surface area contributed by atoms with Crippen LogP contribution < -0.4 is 10.5 Å². The van der Waals surface area contributed by atoms with E-state index in [1.165, 1.54) is 4.88 Å². The third kappa shape index (κ3) is 5.89. The van der Waals surface area contributed by atoms with Crippen LogP contribution in [0.1, 0.15) is 75.7 Å². The standard InChI is InChI=1S/C27H39N5O5S/c1-27(2,3)37-26(35)32-12-10-31(11-13-32)17-5-7-18(8-6-17)36-24-22-21-16(14-19(33)23(28)34)4-9-20(21)38-25(22)30-15-29-24/h15-19,33H,4-14H2,1-3H3,(H2,28,34)/t16-,17?,18?,19?/m1/s1. The molecule has 2 aromatic rings. The van der Waals surface area contributed by atoms with Crippen molar-refractivity contribution in [3.05, 3.63) is 16.8 Å². The van der Waals surface area contributed by atoms with E-state index in [1.807, 2.05) is 25.7 Å². The molecule has 1 saturated carbocycles. The molecule has 0 aromatic carbocycles. The van der Waals surface area contributed by atoms with Crippen molar-refractivity contribution in [1.82, 2.24) is 19.8 Å². The number of thiophene rings is 1. The summed E-state index contributed by atoms with van der Waals surface area (Å²) in [4.78, 5) is 39.3. The second kappa shape index (κ2) is 10.9. The summed E-state index contributed by atoms with van der Waals surface area (Å²) in [5, 5.41) is 11.0. The fourth-order valence-corrected chi connectivity index (χ4v) is 7.26. The number of nitrogens with two attached hydrogens (primary N) is 1. The molecule has 3 heterocycles. The van der Waals surface area contributed by atoms with E-state index in [0.29, 0.717) is 31.4 Å². The molecule has 10 nitrogen and oxygen atoms in total. The third-order valence-electron chi connectivity index (χ3n) is 7.94. The van der Waals surface area contributed by atoms with Gasteiger partial charge in [0.05, 0.1) is 5.39 Å². The van der Waals surface area contributed by atoms with Gasteiger partial charge in [0.15, 0.2) is 0 Å². The maximum atomic E-state index is 12.4. The van der Waals surface area contributed by atoms with Gasteiger partial charge in [0.1, 0.15) is 29.0 Å². The fourth-order valence-electron chi connectivity index (χ4n) is 6.03. The van der Waals surface area contributed by atoms with Gasteiger partial charge in [-0.05, 0) is 77.2 Å². The molecule has 38 heavy (non-hydrogen) atoms. The number of rotatable bonds is 6. The number of piperazine rings is 1. The predicted octanol–water partition coefficient (Wildman–Crippen LogP) is 3.20. The van der Waals surface area contributed by atoms with E-state index in [2.05, 4.69) is 14.9 Å². The van der Waals surface area contributed by atoms with E-state index < -0.39 is 17.6 Å². The van der Waals surface area contributed by atoms with Crippen LogP contribution in [0.5, 0.6) is 5.88 Å². The topological polar surface area (TPSA) is 131 Å². The van der Waals surface area contributed by atoms with Crippen LogP contribution in [0.4, 0.5) is 4.79 Å². The molecular weight excluding hydrogens is 506 g/mol. The first-order valence-corrected chi connectivity index (χ1v) is 14.5. The molecule has 3 N–H and O–H groups in total. The lowest BCUT2D eigenvalue weighted by molar-refractivity contribution is -0.126. The SMILES string of the molecule is CC(C)(C)OC(=O)N1CCN(C2CCC(Oc3ncnc4sc5c(c34)[C@@H](CC(O)C(N)=O)CC5)CC2)CC1. The lowest BCUT2D eigenvalue weighted by Crippen LogP contribution is -2.53. The first kappa shape index (κ1) is 27.1. The van der Waals surface area contributed by atoms with Gasteiger partial charge in [-0.2, -0.15) is 0 Å². The van der Waals surface area contributed by atoms with Crippen molar-refractivity contribution in [1.29, 1.82) is 0 Å². The Morgan fingerprint density at radius 2 is 1.84 bits per heavy atom. The predicted molar refractivity (Wildman–Crippen MR) is 144 cm³/mol. The van der Waals surface area contributed by atoms with Crippen molar-refractivity contribution in [3.63, 3.8) is 0 Å². The third-order valence-corrected chi connectivity index (χ3v) is 9.11. The molecule has 1 aliphatic heterocycles. The van der Waals surface area contributed by atoms with E-state index in [9.17, 15) is 14.7 Å². The summed E-state index contributed by atoms with van der Waals surface area (Å²) in [6.07, 6.45) is 6.33. The Bertz CT molecular complexity index is 1160. The first-order valence-electron chi connectivity index (χ1n) is 13.7. The number of ether oxygens (including phenoxy) is 2. The van der Waals surface area contributed by atoms with E-state index in [0.717, 1.165) is 67.4 Å². The molecule has 0 radical (unpaired) electrons. The number of aliphatic hydroxyl groups excluding tert-OH is 1. The zero-order valence-corrected chi connectivity index (χ0v) is 23.3. The number of hydrogen-bond donors (Lipinski definition) is 2. The van der Waals surface area contributed by atoms with Gasteiger partial charge in [-0.25, -0.2) is 14.8 Å². The van der Waals surface area contributed by atoms with Crippen molar-refractivity contribution in [3.8, 4) is 5.88 Å². The van der Waals surface area contributed by atoms with E-state index in [-0.39, 0.29) is 18.1 Å². The Labute approximate surface area is 227 Å². The minimum Gasteiger partial charge on any atom is -0.474 e. The van der Waals surface area contributed by atoms with Gasteiger partial charge in [-0.3, -0.25) is 9.69 Å². The number of primary amides is 1. The Morgan fingerprint density at radius 1 is 1.13 bits per heavy atom. The molecule has 0 bridgehead atoms. The van der Waals surface area contributed by atoms with Crippen molar-refractivity contribution in [2.75, 3.05) is 26.2 Å². The lowest BCUT2D eigenvalue weighted by atomic mass is 9.91. The molecule has 208 valence electrons. The van der Waals surface area contributed by atoms with Crippen molar-refractivity contribution in [2.45, 2.75) is 95.5 Å². The zero-order chi connectivity index (χ0) is 27.0. The summed E-state index contributed by atoms with van der Waals surface area (Å²) in [5.41, 5.74) is 5.97. The van der Waals surface area contributed by atoms with Gasteiger partial charge in [0.2, 0.25) is 11.8 Å². The second-order valence-electron chi connectivity index (χ2n) is 11.7. The van der Waals surface area contributed by atoms with Crippen LogP contribution in [0, 0.1) is 0 Å². The number of aromatic nitrogens is 2. The highest BCUT2D eigenvalue weighted by Gasteiger charge is 2.35. The van der Waals surface area contributed by atoms with Crippen LogP contribution in [-0.4, -0.2) is 86.9 Å². The summed E-state index contributed by atoms with van der Waals surface area (Å²) in [6.45, 7) is 8.80. The molecule has 1 unspecified atom stereocenters. The van der Waals surface area contributed by atoms with Crippen LogP contribution in [-0.2, 0) is 16.0 Å². The van der Waals surface area contributed by atoms with Crippen LogP contribution in [0.25, 0.3) is 10.2 Å². The van der Waals surface area contributed by atoms with Crippen molar-refractivity contribution in [2.24, 2.45) is 5.73 Å². The lowest BCUT2D eigenvalue weighted by Gasteiger charge is -2.42. The molecule has 3 aliphatic rings. The quantitative estimate of drug-likeness (QED) is 0.566. The highest BCUT2D eigenvalue weighted by molar-refractivity contribution is 7.19. The van der Waals surface area contributed by atoms with E-state index in [1.54, 1.807) is 17.7 Å². The molecule has 2 atom stereocenters. The average molecular weight is 546 g/mol. The summed E-state index contributed by atoms with van der Waals surface area (Å²) in [6, 6.07) is 0.492. The summed E-state index contributed by atoms with van der Waals surface area (Å²) in [7, 11) is 0. The summed E-state index contributed by atoms with van der Waals surface area (Å²) in [5.74, 6) is -0.0270. The normalized spacial score (nSPS) is 25.3. The molecule has 2 aromatic heterocycles. The van der Waals surface area contributed by atoms with Crippen molar-refractivity contribution >= 4 is 33.6 Å². The monoisotopic (exact) mass is 545 g/mol. The number of carbonyl (C=O) groups excluding carboxylic acids is 2. The Balaban J connectivity index is 1.18. The summed E-state index contributed by atoms with van der Waals surface area (Å²) >= 11 is 1.65. The largest absolute Gasteiger partial charge is 0.474 e. The number of aliphatic hydroxyl groups is 1. The molecule has 2 aliphatic carbocycles. The molecule has 5 rings (SSSR count). The number of carbonyl (C=O) groups is 2. The molecule has 2 amide bonds. The van der Waals surface area contributed by atoms with Crippen LogP contribution in [0.15, 0.2) is 6.33 Å². The Hall–Kier alpha value is -2.50. The van der Waals surface area contributed by atoms with Gasteiger partial charge < -0.3 is 25.2 Å². The number of aryl methyl sites for hydroxylation is 1. The summed E-state index contributed by atoms with van der Waals surface area (Å²) < 4.78 is 12.0. The van der Waals surface area contributed by atoms with Gasteiger partial charge in [0, 0.05) is 37.1 Å². The second-order valence-corrected chi connectivity index (χ2v) is 12.8. The highest BCUT2D eigenvalue weighted by Crippen LogP contribution is 2.47. The smallest absolute Gasteiger partial charge is 0.410 e. The molecule has 1 saturated heterocycles. The van der Waals surface area contributed by atoms with Gasteiger partial charge in [-0.1, -0.05) is 0 Å². The number of hydrogen-bond acceptors (Lipinski definition) is 9. The minimum atomic E-state index is -1.16. The first-order chi connectivity index (χ1) is 18.1. The maximum absolute atomic E-state index is 12.4. The van der Waals surface area contributed by atoms with Crippen LogP contribution in [0.3, 0.4) is 0 Å². The molecule has 2 fully saturated rings. The minimum absolute atomic E-state index is 0.0460. The zero-order valence-electron chi connectivity index (χ0n) is 22.5. The Kier molecular flexibility index (Phi) is 7.79. The van der Waals surface area contributed by atoms with E-state index >= 15 is 0 Å². The molecular formula is C27H39N5O5S. The van der Waals surface area contributed by atoms with Gasteiger partial charge >= 0.3 is 6.09 Å². The number of nitrogens with zero attached hydrogens (tertiary/aromatic N) is 4. The number of fused-ring (bicyclic) bond motifs is 3. The van der Waals surface area contributed by atoms with Gasteiger partial charge in [0.25, 0.3) is 0 Å². The fraction of sp³-hybridized carbons (Fsp3) is 0.704. The molecule has 11 heteroatoms. The van der Waals surface area contributed by atoms with Crippen LogP contribution in [0.2, 0.25) is 0 Å². The maximum Gasteiger partial charge on any atom is 0.410 e. The molecule has 0 spiro atoms. The van der Waals surface area contributed by atoms with Gasteiger partial charge in [-0.15, -0.1) is 11.3 Å².